The second-order valence-electron chi connectivity index (χ2n) is 13.9. The number of hydrogen-bond acceptors (Lipinski definition) is 7. The Balaban J connectivity index is 1.64. The Morgan fingerprint density at radius 1 is 0.615 bits per heavy atom. The second kappa shape index (κ2) is 19.0. The van der Waals surface area contributed by atoms with E-state index >= 15 is 0 Å². The van der Waals surface area contributed by atoms with Crippen molar-refractivity contribution in [3.63, 3.8) is 0 Å². The van der Waals surface area contributed by atoms with Crippen molar-refractivity contribution in [2.75, 3.05) is 33.0 Å². The highest BCUT2D eigenvalue weighted by molar-refractivity contribution is 5.87. The summed E-state index contributed by atoms with van der Waals surface area (Å²) < 4.78 is 17.2. The first kappa shape index (κ1) is 39.8. The van der Waals surface area contributed by atoms with Crippen LogP contribution in [0.25, 0.3) is 33.4 Å². The van der Waals surface area contributed by atoms with Gasteiger partial charge in [0.2, 0.25) is 0 Å². The molecule has 274 valence electrons. The van der Waals surface area contributed by atoms with Gasteiger partial charge in [0.25, 0.3) is 0 Å². The molecule has 0 spiro atoms. The first-order valence-corrected chi connectivity index (χ1v) is 17.9. The normalized spacial score (nSPS) is 11.2. The van der Waals surface area contributed by atoms with Gasteiger partial charge in [-0.05, 0) is 110 Å². The van der Waals surface area contributed by atoms with Gasteiger partial charge in [-0.25, -0.2) is 9.59 Å². The van der Waals surface area contributed by atoms with Crippen molar-refractivity contribution in [1.82, 2.24) is 0 Å². The smallest absolute Gasteiger partial charge is 0.333 e. The van der Waals surface area contributed by atoms with Gasteiger partial charge in [0.15, 0.2) is 0 Å². The quantitative estimate of drug-likeness (QED) is 0.0571. The van der Waals surface area contributed by atoms with Crippen LogP contribution in [0.4, 0.5) is 0 Å². The molecule has 2 N–H and O–H groups in total. The fourth-order valence-electron chi connectivity index (χ4n) is 5.64. The molecule has 4 aromatic rings. The minimum atomic E-state index is -0.684. The predicted molar refractivity (Wildman–Crippen MR) is 208 cm³/mol. The Morgan fingerprint density at radius 2 is 0.981 bits per heavy atom. The highest BCUT2D eigenvalue weighted by Crippen LogP contribution is 2.35. The van der Waals surface area contributed by atoms with Crippen molar-refractivity contribution >= 4 is 11.9 Å². The van der Waals surface area contributed by atoms with E-state index in [0.29, 0.717) is 49.0 Å². The van der Waals surface area contributed by atoms with Crippen LogP contribution < -0.4 is 4.74 Å². The Hall–Kier alpha value is -4.98. The summed E-state index contributed by atoms with van der Waals surface area (Å²) in [5.41, 5.74) is 9.77. The van der Waals surface area contributed by atoms with Crippen LogP contribution >= 0.6 is 0 Å². The first-order chi connectivity index (χ1) is 24.9. The topological polar surface area (TPSA) is 102 Å². The maximum atomic E-state index is 12.0. The van der Waals surface area contributed by atoms with Crippen LogP contribution in [0, 0.1) is 12.3 Å². The number of esters is 2. The fraction of sp³-hybridized carbons (Fsp3) is 0.333. The van der Waals surface area contributed by atoms with E-state index in [1.165, 1.54) is 16.7 Å². The summed E-state index contributed by atoms with van der Waals surface area (Å²) in [6.07, 6.45) is 2.73. The Morgan fingerprint density at radius 3 is 1.35 bits per heavy atom. The zero-order chi connectivity index (χ0) is 37.7. The van der Waals surface area contributed by atoms with Crippen molar-refractivity contribution in [1.29, 1.82) is 0 Å². The molecule has 0 unspecified atom stereocenters. The van der Waals surface area contributed by atoms with E-state index in [2.05, 4.69) is 105 Å². The number of ether oxygens (including phenoxy) is 3. The second-order valence-corrected chi connectivity index (χ2v) is 13.9. The fourth-order valence-corrected chi connectivity index (χ4v) is 5.64. The van der Waals surface area contributed by atoms with Crippen LogP contribution in [0.3, 0.4) is 0 Å². The van der Waals surface area contributed by atoms with Crippen molar-refractivity contribution in [2.45, 2.75) is 59.8 Å². The molecule has 0 radical (unpaired) electrons. The van der Waals surface area contributed by atoms with Crippen molar-refractivity contribution in [3.8, 4) is 39.1 Å². The van der Waals surface area contributed by atoms with Crippen LogP contribution in [0.15, 0.2) is 109 Å². The molecule has 0 aromatic heterocycles. The molecule has 0 aliphatic heterocycles. The van der Waals surface area contributed by atoms with E-state index < -0.39 is 17.4 Å². The lowest BCUT2D eigenvalue weighted by atomic mass is 9.89. The predicted octanol–water partition coefficient (Wildman–Crippen LogP) is 8.86. The van der Waals surface area contributed by atoms with Crippen LogP contribution in [-0.2, 0) is 31.9 Å². The van der Waals surface area contributed by atoms with Crippen molar-refractivity contribution in [3.05, 3.63) is 126 Å². The number of aliphatic hydroxyl groups excluding tert-OH is 2. The lowest BCUT2D eigenvalue weighted by molar-refractivity contribution is -0.139. The summed E-state index contributed by atoms with van der Waals surface area (Å²) in [7, 11) is 0. The molecule has 0 atom stereocenters. The van der Waals surface area contributed by atoms with Gasteiger partial charge in [0, 0.05) is 16.6 Å². The zero-order valence-corrected chi connectivity index (χ0v) is 31.0. The molecule has 0 saturated heterocycles. The van der Waals surface area contributed by atoms with Crippen molar-refractivity contribution in [2.24, 2.45) is 5.41 Å². The third-order valence-electron chi connectivity index (χ3n) is 9.12. The minimum Gasteiger partial charge on any atom is -0.493 e. The summed E-state index contributed by atoms with van der Waals surface area (Å²) in [5, 5.41) is 19.7. The van der Waals surface area contributed by atoms with Gasteiger partial charge in [-0.15, -0.1) is 0 Å². The van der Waals surface area contributed by atoms with Gasteiger partial charge in [-0.2, -0.15) is 0 Å². The number of carbonyl (C=O) groups excluding carboxylic acids is 2. The maximum absolute atomic E-state index is 12.0. The van der Waals surface area contributed by atoms with Crippen LogP contribution in [0.2, 0.25) is 0 Å². The summed E-state index contributed by atoms with van der Waals surface area (Å²) in [4.78, 5) is 24.1. The van der Waals surface area contributed by atoms with Gasteiger partial charge in [-0.3, -0.25) is 0 Å². The number of aliphatic hydroxyl groups is 2. The molecule has 0 aliphatic rings. The van der Waals surface area contributed by atoms with Gasteiger partial charge in [0.05, 0.1) is 33.0 Å². The highest BCUT2D eigenvalue weighted by Gasteiger charge is 2.23. The van der Waals surface area contributed by atoms with E-state index in [0.717, 1.165) is 33.4 Å². The largest absolute Gasteiger partial charge is 0.493 e. The lowest BCUT2D eigenvalue weighted by Crippen LogP contribution is -2.28. The third-order valence-corrected chi connectivity index (χ3v) is 9.12. The molecule has 0 aliphatic carbocycles. The Bertz CT molecular complexity index is 1760. The number of hydrogen-bond donors (Lipinski definition) is 2. The maximum Gasteiger partial charge on any atom is 0.333 e. The molecule has 7 heteroatoms. The average molecular weight is 705 g/mol. The molecule has 52 heavy (non-hydrogen) atoms. The van der Waals surface area contributed by atoms with E-state index in [1.54, 1.807) is 13.8 Å². The molecule has 0 fully saturated rings. The molecule has 7 nitrogen and oxygen atoms in total. The van der Waals surface area contributed by atoms with E-state index in [1.807, 2.05) is 6.92 Å². The molecule has 4 aromatic carbocycles. The summed E-state index contributed by atoms with van der Waals surface area (Å²) in [6, 6.07) is 29.8. The van der Waals surface area contributed by atoms with Gasteiger partial charge in [-0.1, -0.05) is 98.4 Å². The zero-order valence-electron chi connectivity index (χ0n) is 31.0. The molecule has 0 amide bonds. The molecule has 0 bridgehead atoms. The molecular formula is C45H52O7. The minimum absolute atomic E-state index is 0.166. The lowest BCUT2D eigenvalue weighted by Gasteiger charge is -2.25. The van der Waals surface area contributed by atoms with Crippen LogP contribution in [0.1, 0.15) is 56.7 Å². The summed E-state index contributed by atoms with van der Waals surface area (Å²) in [5.74, 6) is -0.135. The number of aryl methyl sites for hydroxylation is 3. The molecular weight excluding hydrogens is 652 g/mol. The van der Waals surface area contributed by atoms with Gasteiger partial charge >= 0.3 is 11.9 Å². The molecule has 0 saturated carbocycles. The van der Waals surface area contributed by atoms with E-state index in [4.69, 9.17) is 14.2 Å². The SMILES string of the molecule is C=C(C)C(=O)OCCCc1cc(-c2ccc(-c3ccc(-c4ccc(C)cc4)cc3)cc2)cc(CCCOC(=O)C(=C)C)c1OCCC(C)(CO)CO. The molecule has 4 rings (SSSR count). The summed E-state index contributed by atoms with van der Waals surface area (Å²) >= 11 is 0. The monoisotopic (exact) mass is 704 g/mol. The Labute approximate surface area is 308 Å². The first-order valence-electron chi connectivity index (χ1n) is 17.9. The standard InChI is InChI=1S/C45H52O7/c1-31(2)43(48)51-24-7-9-39-27-41(28-40(10-8-25-52-44(49)32(3)4)42(39)50-26-23-45(6,29-46)30-47)38-21-19-37(20-22-38)36-17-15-35(16-18-36)34-13-11-33(5)12-14-34/h11-22,27-28,46-47H,1,3,7-10,23-26,29-30H2,2,4-6H3. The van der Waals surface area contributed by atoms with Crippen LogP contribution in [-0.4, -0.2) is 55.2 Å². The highest BCUT2D eigenvalue weighted by atomic mass is 16.5. The average Bonchev–Trinajstić information content (AvgIpc) is 3.15. The third kappa shape index (κ3) is 11.3. The van der Waals surface area contributed by atoms with Crippen LogP contribution in [0.5, 0.6) is 5.75 Å². The Kier molecular flexibility index (Phi) is 14.6. The van der Waals surface area contributed by atoms with E-state index in [9.17, 15) is 19.8 Å². The number of carbonyl (C=O) groups is 2. The van der Waals surface area contributed by atoms with Gasteiger partial charge in [0.1, 0.15) is 5.75 Å². The van der Waals surface area contributed by atoms with E-state index in [-0.39, 0.29) is 33.0 Å². The number of benzene rings is 4. The molecule has 0 heterocycles. The van der Waals surface area contributed by atoms with Gasteiger partial charge < -0.3 is 24.4 Å². The number of rotatable bonds is 19. The summed E-state index contributed by atoms with van der Waals surface area (Å²) in [6.45, 7) is 14.9. The van der Waals surface area contributed by atoms with Crippen molar-refractivity contribution < 1.29 is 34.0 Å².